The standard InChI is InChI=1S/C15H18N2O/c1-17(2)15(18)11-13(14-9-6-10-16-14)12-7-4-3-5-8-12/h3-10,13,16H,11H2,1-2H3. The zero-order valence-corrected chi connectivity index (χ0v) is 10.8. The predicted octanol–water partition coefficient (Wildman–Crippen LogP) is 2.62. The maximum Gasteiger partial charge on any atom is 0.223 e. The van der Waals surface area contributed by atoms with Gasteiger partial charge in [-0.2, -0.15) is 0 Å². The van der Waals surface area contributed by atoms with Crippen LogP contribution in [-0.4, -0.2) is 29.9 Å². The number of rotatable bonds is 4. The topological polar surface area (TPSA) is 36.1 Å². The van der Waals surface area contributed by atoms with Crippen molar-refractivity contribution in [2.75, 3.05) is 14.1 Å². The molecule has 94 valence electrons. The molecule has 2 aromatic rings. The minimum Gasteiger partial charge on any atom is -0.364 e. The number of hydrogen-bond donors (Lipinski definition) is 1. The maximum absolute atomic E-state index is 11.9. The quantitative estimate of drug-likeness (QED) is 0.879. The van der Waals surface area contributed by atoms with E-state index >= 15 is 0 Å². The molecule has 0 aliphatic rings. The Labute approximate surface area is 107 Å². The lowest BCUT2D eigenvalue weighted by Gasteiger charge is -2.18. The highest BCUT2D eigenvalue weighted by Crippen LogP contribution is 2.27. The molecule has 1 aromatic carbocycles. The Morgan fingerprint density at radius 2 is 1.89 bits per heavy atom. The van der Waals surface area contributed by atoms with Crippen molar-refractivity contribution in [3.63, 3.8) is 0 Å². The molecule has 0 saturated heterocycles. The smallest absolute Gasteiger partial charge is 0.223 e. The van der Waals surface area contributed by atoms with Crippen LogP contribution in [0.5, 0.6) is 0 Å². The van der Waals surface area contributed by atoms with Gasteiger partial charge >= 0.3 is 0 Å². The fourth-order valence-corrected chi connectivity index (χ4v) is 2.01. The van der Waals surface area contributed by atoms with Crippen LogP contribution < -0.4 is 0 Å². The monoisotopic (exact) mass is 242 g/mol. The number of carbonyl (C=O) groups is 1. The molecule has 1 amide bonds. The summed E-state index contributed by atoms with van der Waals surface area (Å²) in [6, 6.07) is 14.1. The summed E-state index contributed by atoms with van der Waals surface area (Å²) in [6.45, 7) is 0. The molecule has 0 fully saturated rings. The van der Waals surface area contributed by atoms with Crippen LogP contribution in [0, 0.1) is 0 Å². The average Bonchev–Trinajstić information content (AvgIpc) is 2.90. The van der Waals surface area contributed by atoms with E-state index in [4.69, 9.17) is 0 Å². The van der Waals surface area contributed by atoms with E-state index in [2.05, 4.69) is 17.1 Å². The SMILES string of the molecule is CN(C)C(=O)CC(c1ccccc1)c1ccc[nH]1. The molecule has 0 bridgehead atoms. The van der Waals surface area contributed by atoms with Crippen molar-refractivity contribution < 1.29 is 4.79 Å². The Hall–Kier alpha value is -2.03. The Morgan fingerprint density at radius 3 is 2.44 bits per heavy atom. The first-order valence-electron chi connectivity index (χ1n) is 6.07. The highest BCUT2D eigenvalue weighted by atomic mass is 16.2. The molecule has 1 aromatic heterocycles. The number of nitrogens with one attached hydrogen (secondary N) is 1. The third kappa shape index (κ3) is 2.80. The third-order valence-corrected chi connectivity index (χ3v) is 3.08. The van der Waals surface area contributed by atoms with Crippen LogP contribution in [-0.2, 0) is 4.79 Å². The normalized spacial score (nSPS) is 12.1. The van der Waals surface area contributed by atoms with Crippen molar-refractivity contribution in [1.82, 2.24) is 9.88 Å². The lowest BCUT2D eigenvalue weighted by molar-refractivity contribution is -0.128. The zero-order chi connectivity index (χ0) is 13.0. The second-order valence-electron chi connectivity index (χ2n) is 4.58. The summed E-state index contributed by atoms with van der Waals surface area (Å²) in [5.41, 5.74) is 2.24. The lowest BCUT2D eigenvalue weighted by Crippen LogP contribution is -2.24. The van der Waals surface area contributed by atoms with Gasteiger partial charge in [-0.25, -0.2) is 0 Å². The Kier molecular flexibility index (Phi) is 3.82. The molecular formula is C15H18N2O. The van der Waals surface area contributed by atoms with E-state index < -0.39 is 0 Å². The summed E-state index contributed by atoms with van der Waals surface area (Å²) < 4.78 is 0. The van der Waals surface area contributed by atoms with Gasteiger partial charge < -0.3 is 9.88 Å². The fourth-order valence-electron chi connectivity index (χ4n) is 2.01. The number of amides is 1. The van der Waals surface area contributed by atoms with Crippen LogP contribution in [0.1, 0.15) is 23.6 Å². The van der Waals surface area contributed by atoms with Gasteiger partial charge in [-0.15, -0.1) is 0 Å². The van der Waals surface area contributed by atoms with Gasteiger partial charge in [0.05, 0.1) is 0 Å². The summed E-state index contributed by atoms with van der Waals surface area (Å²) in [5.74, 6) is 0.231. The lowest BCUT2D eigenvalue weighted by atomic mass is 9.92. The Balaban J connectivity index is 2.27. The van der Waals surface area contributed by atoms with E-state index in [1.807, 2.05) is 36.5 Å². The molecule has 2 rings (SSSR count). The first-order valence-corrected chi connectivity index (χ1v) is 6.07. The third-order valence-electron chi connectivity index (χ3n) is 3.08. The fraction of sp³-hybridized carbons (Fsp3) is 0.267. The molecule has 0 saturated carbocycles. The second-order valence-corrected chi connectivity index (χ2v) is 4.58. The average molecular weight is 242 g/mol. The largest absolute Gasteiger partial charge is 0.364 e. The van der Waals surface area contributed by atoms with Crippen molar-refractivity contribution in [3.8, 4) is 0 Å². The Morgan fingerprint density at radius 1 is 1.17 bits per heavy atom. The number of hydrogen-bond acceptors (Lipinski definition) is 1. The molecule has 18 heavy (non-hydrogen) atoms. The molecule has 1 heterocycles. The van der Waals surface area contributed by atoms with Gasteiger partial charge in [0.1, 0.15) is 0 Å². The van der Waals surface area contributed by atoms with Crippen molar-refractivity contribution in [1.29, 1.82) is 0 Å². The summed E-state index contributed by atoms with van der Waals surface area (Å²) in [4.78, 5) is 16.8. The van der Waals surface area contributed by atoms with Gasteiger partial charge in [0.15, 0.2) is 0 Å². The molecule has 3 heteroatoms. The highest BCUT2D eigenvalue weighted by Gasteiger charge is 2.19. The Bertz CT molecular complexity index is 488. The molecule has 3 nitrogen and oxygen atoms in total. The van der Waals surface area contributed by atoms with Gasteiger partial charge in [0, 0.05) is 38.3 Å². The summed E-state index contributed by atoms with van der Waals surface area (Å²) in [7, 11) is 3.58. The van der Waals surface area contributed by atoms with Gasteiger partial charge in [-0.05, 0) is 17.7 Å². The number of H-pyrrole nitrogens is 1. The van der Waals surface area contributed by atoms with Gasteiger partial charge in [0.2, 0.25) is 5.91 Å². The number of benzene rings is 1. The molecule has 0 spiro atoms. The van der Waals surface area contributed by atoms with Gasteiger partial charge in [0.25, 0.3) is 0 Å². The van der Waals surface area contributed by atoms with E-state index in [0.717, 1.165) is 11.3 Å². The van der Waals surface area contributed by atoms with Gasteiger partial charge in [-0.1, -0.05) is 30.3 Å². The molecule has 0 radical (unpaired) electrons. The van der Waals surface area contributed by atoms with Gasteiger partial charge in [-0.3, -0.25) is 4.79 Å². The van der Waals surface area contributed by atoms with E-state index in [1.54, 1.807) is 19.0 Å². The zero-order valence-electron chi connectivity index (χ0n) is 10.8. The molecule has 1 atom stereocenters. The summed E-state index contributed by atoms with van der Waals surface area (Å²) in [5, 5.41) is 0. The van der Waals surface area contributed by atoms with Crippen LogP contribution in [0.3, 0.4) is 0 Å². The minimum atomic E-state index is 0.0936. The van der Waals surface area contributed by atoms with E-state index in [0.29, 0.717) is 6.42 Å². The molecule has 0 aliphatic heterocycles. The van der Waals surface area contributed by atoms with E-state index in [1.165, 1.54) is 0 Å². The summed E-state index contributed by atoms with van der Waals surface area (Å²) >= 11 is 0. The number of aromatic amines is 1. The van der Waals surface area contributed by atoms with Crippen molar-refractivity contribution >= 4 is 5.91 Å². The highest BCUT2D eigenvalue weighted by molar-refractivity contribution is 5.77. The molecular weight excluding hydrogens is 224 g/mol. The van der Waals surface area contributed by atoms with Crippen molar-refractivity contribution in [2.24, 2.45) is 0 Å². The minimum absolute atomic E-state index is 0.0936. The maximum atomic E-state index is 11.9. The second kappa shape index (κ2) is 5.54. The number of carbonyl (C=O) groups excluding carboxylic acids is 1. The van der Waals surface area contributed by atoms with E-state index in [9.17, 15) is 4.79 Å². The van der Waals surface area contributed by atoms with E-state index in [-0.39, 0.29) is 11.8 Å². The van der Waals surface area contributed by atoms with Crippen LogP contribution in [0.25, 0.3) is 0 Å². The van der Waals surface area contributed by atoms with Crippen molar-refractivity contribution in [2.45, 2.75) is 12.3 Å². The van der Waals surface area contributed by atoms with Crippen LogP contribution in [0.15, 0.2) is 48.7 Å². The molecule has 0 aliphatic carbocycles. The molecule has 1 unspecified atom stereocenters. The van der Waals surface area contributed by atoms with Crippen LogP contribution in [0.2, 0.25) is 0 Å². The molecule has 1 N–H and O–H groups in total. The predicted molar refractivity (Wildman–Crippen MR) is 72.4 cm³/mol. The first-order chi connectivity index (χ1) is 8.68. The number of nitrogens with zero attached hydrogens (tertiary/aromatic N) is 1. The number of aromatic nitrogens is 1. The van der Waals surface area contributed by atoms with Crippen LogP contribution in [0.4, 0.5) is 0 Å². The van der Waals surface area contributed by atoms with Crippen molar-refractivity contribution in [3.05, 3.63) is 59.9 Å². The summed E-state index contributed by atoms with van der Waals surface area (Å²) in [6.07, 6.45) is 2.38. The first kappa shape index (κ1) is 12.4. The van der Waals surface area contributed by atoms with Crippen LogP contribution >= 0.6 is 0 Å².